The molecular formula is C11H23N3S2. The van der Waals surface area contributed by atoms with Crippen LogP contribution in [-0.4, -0.2) is 65.6 Å². The fourth-order valence-electron chi connectivity index (χ4n) is 2.16. The van der Waals surface area contributed by atoms with Crippen molar-refractivity contribution in [2.45, 2.75) is 19.4 Å². The lowest BCUT2D eigenvalue weighted by atomic mass is 10.1. The molecule has 0 saturated carbocycles. The van der Waals surface area contributed by atoms with Crippen molar-refractivity contribution in [1.29, 1.82) is 0 Å². The van der Waals surface area contributed by atoms with E-state index in [0.29, 0.717) is 11.0 Å². The predicted octanol–water partition coefficient (Wildman–Crippen LogP) is 1.03. The molecule has 0 spiro atoms. The van der Waals surface area contributed by atoms with Crippen molar-refractivity contribution in [2.24, 2.45) is 5.73 Å². The fourth-order valence-corrected chi connectivity index (χ4v) is 2.91. The first-order valence-electron chi connectivity index (χ1n) is 5.93. The molecule has 0 aromatic rings. The summed E-state index contributed by atoms with van der Waals surface area (Å²) in [6.45, 7) is 7.87. The van der Waals surface area contributed by atoms with Crippen LogP contribution in [-0.2, 0) is 0 Å². The van der Waals surface area contributed by atoms with Crippen LogP contribution in [0.4, 0.5) is 0 Å². The molecule has 1 aliphatic rings. The first-order valence-corrected chi connectivity index (χ1v) is 7.74. The molecule has 5 heteroatoms. The lowest BCUT2D eigenvalue weighted by Gasteiger charge is -2.38. The third-order valence-corrected chi connectivity index (χ3v) is 4.04. The molecule has 0 aliphatic carbocycles. The summed E-state index contributed by atoms with van der Waals surface area (Å²) in [6.07, 6.45) is 3.19. The average Bonchev–Trinajstić information content (AvgIpc) is 2.28. The van der Waals surface area contributed by atoms with Gasteiger partial charge in [0.25, 0.3) is 0 Å². The Labute approximate surface area is 109 Å². The van der Waals surface area contributed by atoms with Crippen LogP contribution in [0.3, 0.4) is 0 Å². The first kappa shape index (κ1) is 14.2. The lowest BCUT2D eigenvalue weighted by Crippen LogP contribution is -2.53. The Morgan fingerprint density at radius 2 is 2.00 bits per heavy atom. The third kappa shape index (κ3) is 4.20. The monoisotopic (exact) mass is 261 g/mol. The Hall–Kier alpha value is 0.160. The maximum absolute atomic E-state index is 5.77. The van der Waals surface area contributed by atoms with Crippen molar-refractivity contribution in [3.05, 3.63) is 0 Å². The molecule has 1 atom stereocenters. The van der Waals surface area contributed by atoms with Crippen LogP contribution in [0.15, 0.2) is 0 Å². The number of nitrogens with zero attached hydrogens (tertiary/aromatic N) is 2. The Kier molecular flexibility index (Phi) is 6.65. The molecule has 0 radical (unpaired) electrons. The van der Waals surface area contributed by atoms with Crippen molar-refractivity contribution >= 4 is 29.0 Å². The zero-order valence-electron chi connectivity index (χ0n) is 10.3. The van der Waals surface area contributed by atoms with Gasteiger partial charge in [-0.25, -0.2) is 0 Å². The number of piperazine rings is 1. The second-order valence-corrected chi connectivity index (χ2v) is 5.65. The normalized spacial score (nSPS) is 20.9. The van der Waals surface area contributed by atoms with Gasteiger partial charge in [0.1, 0.15) is 0 Å². The summed E-state index contributed by atoms with van der Waals surface area (Å²) >= 11 is 7.03. The molecule has 0 amide bonds. The van der Waals surface area contributed by atoms with Crippen molar-refractivity contribution in [1.82, 2.24) is 9.80 Å². The van der Waals surface area contributed by atoms with Crippen molar-refractivity contribution < 1.29 is 0 Å². The highest BCUT2D eigenvalue weighted by atomic mass is 32.2. The van der Waals surface area contributed by atoms with Crippen LogP contribution in [0, 0.1) is 0 Å². The van der Waals surface area contributed by atoms with E-state index in [1.807, 2.05) is 11.8 Å². The van der Waals surface area contributed by atoms with Crippen molar-refractivity contribution in [3.63, 3.8) is 0 Å². The van der Waals surface area contributed by atoms with Gasteiger partial charge < -0.3 is 5.73 Å². The van der Waals surface area contributed by atoms with Gasteiger partial charge in [-0.2, -0.15) is 11.8 Å². The van der Waals surface area contributed by atoms with E-state index in [2.05, 4.69) is 23.0 Å². The maximum atomic E-state index is 5.77. The molecule has 1 unspecified atom stereocenters. The molecule has 0 aromatic heterocycles. The number of rotatable bonds is 6. The van der Waals surface area contributed by atoms with Gasteiger partial charge in [-0.05, 0) is 12.7 Å². The second-order valence-electron chi connectivity index (χ2n) is 4.20. The molecular weight excluding hydrogens is 238 g/mol. The van der Waals surface area contributed by atoms with Crippen molar-refractivity contribution in [2.75, 3.05) is 44.7 Å². The fraction of sp³-hybridized carbons (Fsp3) is 0.909. The Balaban J connectivity index is 2.33. The van der Waals surface area contributed by atoms with Crippen LogP contribution in [0.2, 0.25) is 0 Å². The van der Waals surface area contributed by atoms with E-state index in [1.165, 1.54) is 12.3 Å². The highest BCUT2D eigenvalue weighted by Crippen LogP contribution is 2.10. The summed E-state index contributed by atoms with van der Waals surface area (Å²) in [5, 5.41) is 0. The molecule has 0 bridgehead atoms. The van der Waals surface area contributed by atoms with Crippen LogP contribution in [0.5, 0.6) is 0 Å². The average molecular weight is 261 g/mol. The smallest absolute Gasteiger partial charge is 0.0901 e. The topological polar surface area (TPSA) is 32.5 Å². The number of thiocarbonyl (C=S) groups is 1. The minimum atomic E-state index is 0.303. The predicted molar refractivity (Wildman–Crippen MR) is 77.3 cm³/mol. The van der Waals surface area contributed by atoms with Gasteiger partial charge in [0.15, 0.2) is 0 Å². The minimum absolute atomic E-state index is 0.303. The van der Waals surface area contributed by atoms with Gasteiger partial charge in [0.05, 0.1) is 11.0 Å². The molecule has 1 heterocycles. The Morgan fingerprint density at radius 3 is 2.44 bits per heavy atom. The van der Waals surface area contributed by atoms with Crippen molar-refractivity contribution in [3.8, 4) is 0 Å². The third-order valence-electron chi connectivity index (χ3n) is 3.17. The summed E-state index contributed by atoms with van der Waals surface area (Å²) in [7, 11) is 0. The number of nitrogens with two attached hydrogens (primary N) is 1. The molecule has 1 fully saturated rings. The molecule has 1 aliphatic heterocycles. The van der Waals surface area contributed by atoms with Gasteiger partial charge >= 0.3 is 0 Å². The SMILES string of the molecule is CCC(C(N)=S)N1CCN(CCSC)CC1. The lowest BCUT2D eigenvalue weighted by molar-refractivity contribution is 0.121. The van der Waals surface area contributed by atoms with Gasteiger partial charge in [-0.1, -0.05) is 19.1 Å². The highest BCUT2D eigenvalue weighted by Gasteiger charge is 2.23. The quantitative estimate of drug-likeness (QED) is 0.722. The molecule has 16 heavy (non-hydrogen) atoms. The van der Waals surface area contributed by atoms with Gasteiger partial charge in [0.2, 0.25) is 0 Å². The van der Waals surface area contributed by atoms with Crippen LogP contribution in [0.1, 0.15) is 13.3 Å². The van der Waals surface area contributed by atoms with E-state index in [4.69, 9.17) is 18.0 Å². The highest BCUT2D eigenvalue weighted by molar-refractivity contribution is 7.98. The van der Waals surface area contributed by atoms with Gasteiger partial charge in [-0.15, -0.1) is 0 Å². The minimum Gasteiger partial charge on any atom is -0.392 e. The summed E-state index contributed by atoms with van der Waals surface area (Å²) < 4.78 is 0. The van der Waals surface area contributed by atoms with E-state index < -0.39 is 0 Å². The second kappa shape index (κ2) is 7.48. The summed E-state index contributed by atoms with van der Waals surface area (Å²) in [4.78, 5) is 5.61. The molecule has 94 valence electrons. The number of hydrogen-bond donors (Lipinski definition) is 1. The summed E-state index contributed by atoms with van der Waals surface area (Å²) in [5.74, 6) is 1.23. The summed E-state index contributed by atoms with van der Waals surface area (Å²) in [5.41, 5.74) is 5.77. The van der Waals surface area contributed by atoms with Gasteiger partial charge in [-0.3, -0.25) is 9.80 Å². The molecule has 2 N–H and O–H groups in total. The largest absolute Gasteiger partial charge is 0.392 e. The standard InChI is InChI=1S/C11H23N3S2/c1-3-10(11(12)15)14-6-4-13(5-7-14)8-9-16-2/h10H,3-9H2,1-2H3,(H2,12,15). The van der Waals surface area contributed by atoms with E-state index in [9.17, 15) is 0 Å². The number of hydrogen-bond acceptors (Lipinski definition) is 4. The van der Waals surface area contributed by atoms with E-state index in [-0.39, 0.29) is 0 Å². The van der Waals surface area contributed by atoms with E-state index >= 15 is 0 Å². The Morgan fingerprint density at radius 1 is 1.38 bits per heavy atom. The Bertz CT molecular complexity index is 215. The molecule has 0 aromatic carbocycles. The van der Waals surface area contributed by atoms with Gasteiger partial charge in [0, 0.05) is 38.5 Å². The molecule has 1 rings (SSSR count). The van der Waals surface area contributed by atoms with E-state index in [1.54, 1.807) is 0 Å². The molecule has 1 saturated heterocycles. The zero-order chi connectivity index (χ0) is 12.0. The first-order chi connectivity index (χ1) is 7.69. The van der Waals surface area contributed by atoms with Crippen LogP contribution < -0.4 is 5.73 Å². The van der Waals surface area contributed by atoms with E-state index in [0.717, 1.165) is 32.6 Å². The maximum Gasteiger partial charge on any atom is 0.0901 e. The van der Waals surface area contributed by atoms with Crippen LogP contribution in [0.25, 0.3) is 0 Å². The number of thioether (sulfide) groups is 1. The zero-order valence-corrected chi connectivity index (χ0v) is 11.9. The van der Waals surface area contributed by atoms with Crippen LogP contribution >= 0.6 is 24.0 Å². The molecule has 3 nitrogen and oxygen atoms in total. The summed E-state index contributed by atoms with van der Waals surface area (Å²) in [6, 6.07) is 0.303.